The number of hydrogen-bond acceptors (Lipinski definition) is 7. The van der Waals surface area contributed by atoms with E-state index in [9.17, 15) is 4.79 Å². The summed E-state index contributed by atoms with van der Waals surface area (Å²) in [5, 5.41) is 8.25. The van der Waals surface area contributed by atoms with Crippen molar-refractivity contribution in [3.8, 4) is 11.5 Å². The number of carbonyl (C=O) groups is 1. The van der Waals surface area contributed by atoms with Gasteiger partial charge in [-0.3, -0.25) is 14.5 Å². The number of amides is 1. The van der Waals surface area contributed by atoms with Gasteiger partial charge >= 0.3 is 0 Å². The first-order valence-electron chi connectivity index (χ1n) is 9.24. The number of aromatic nitrogens is 5. The van der Waals surface area contributed by atoms with Gasteiger partial charge in [-0.2, -0.15) is 10.1 Å². The summed E-state index contributed by atoms with van der Waals surface area (Å²) in [6.07, 6.45) is 5.06. The number of rotatable bonds is 5. The Kier molecular flexibility index (Phi) is 5.16. The van der Waals surface area contributed by atoms with Crippen LogP contribution in [0.15, 0.2) is 35.1 Å². The fraction of sp³-hybridized carbons (Fsp3) is 0.421. The molecule has 0 radical (unpaired) electrons. The van der Waals surface area contributed by atoms with Crippen molar-refractivity contribution in [2.45, 2.75) is 32.5 Å². The van der Waals surface area contributed by atoms with E-state index in [-0.39, 0.29) is 18.6 Å². The molecule has 1 atom stereocenters. The standard InChI is InChI=1S/C19H22N6O3/c1-13-10-16(22-24(13)2)19(26)25-9-3-4-15(11-25)27-12-17-21-18(28-23-17)14-5-7-20-8-6-14/h5-8,10,15H,3-4,9,11-12H2,1-2H3. The molecule has 4 heterocycles. The second-order valence-electron chi connectivity index (χ2n) is 6.87. The zero-order valence-corrected chi connectivity index (χ0v) is 15.9. The molecule has 0 saturated carbocycles. The van der Waals surface area contributed by atoms with Crippen molar-refractivity contribution in [1.82, 2.24) is 29.8 Å². The fourth-order valence-electron chi connectivity index (χ4n) is 3.20. The summed E-state index contributed by atoms with van der Waals surface area (Å²) in [7, 11) is 1.83. The first-order chi connectivity index (χ1) is 13.6. The Hall–Kier alpha value is -3.07. The molecule has 9 nitrogen and oxygen atoms in total. The number of hydrogen-bond donors (Lipinski definition) is 0. The Labute approximate surface area is 162 Å². The zero-order valence-electron chi connectivity index (χ0n) is 15.9. The highest BCUT2D eigenvalue weighted by Crippen LogP contribution is 2.19. The molecule has 0 aromatic carbocycles. The maximum Gasteiger partial charge on any atom is 0.274 e. The summed E-state index contributed by atoms with van der Waals surface area (Å²) in [4.78, 5) is 22.8. The minimum atomic E-state index is -0.0645. The molecule has 4 rings (SSSR count). The van der Waals surface area contributed by atoms with Crippen LogP contribution in [0.25, 0.3) is 11.5 Å². The predicted octanol–water partition coefficient (Wildman–Crippen LogP) is 1.99. The molecular formula is C19H22N6O3. The number of ether oxygens (including phenoxy) is 1. The summed E-state index contributed by atoms with van der Waals surface area (Å²) >= 11 is 0. The average Bonchev–Trinajstić information content (AvgIpc) is 3.33. The molecule has 3 aromatic rings. The van der Waals surface area contributed by atoms with Crippen molar-refractivity contribution in [3.63, 3.8) is 0 Å². The molecule has 9 heteroatoms. The summed E-state index contributed by atoms with van der Waals surface area (Å²) < 4.78 is 12.9. The Balaban J connectivity index is 1.34. The van der Waals surface area contributed by atoms with E-state index < -0.39 is 0 Å². The molecule has 1 aliphatic heterocycles. The van der Waals surface area contributed by atoms with E-state index in [4.69, 9.17) is 9.26 Å². The molecule has 1 aliphatic rings. The molecule has 1 fully saturated rings. The second-order valence-corrected chi connectivity index (χ2v) is 6.87. The minimum absolute atomic E-state index is 0.0588. The Bertz CT molecular complexity index is 932. The van der Waals surface area contributed by atoms with Crippen molar-refractivity contribution in [1.29, 1.82) is 0 Å². The van der Waals surface area contributed by atoms with Gasteiger partial charge in [-0.25, -0.2) is 0 Å². The van der Waals surface area contributed by atoms with Crippen LogP contribution in [0.4, 0.5) is 0 Å². The van der Waals surface area contributed by atoms with E-state index in [0.717, 1.165) is 24.1 Å². The highest BCUT2D eigenvalue weighted by molar-refractivity contribution is 5.92. The molecular weight excluding hydrogens is 360 g/mol. The zero-order chi connectivity index (χ0) is 19.5. The first kappa shape index (κ1) is 18.3. The maximum atomic E-state index is 12.7. The average molecular weight is 382 g/mol. The smallest absolute Gasteiger partial charge is 0.274 e. The topological polar surface area (TPSA) is 99.2 Å². The van der Waals surface area contributed by atoms with Gasteiger partial charge in [-0.15, -0.1) is 0 Å². The SMILES string of the molecule is Cc1cc(C(=O)N2CCCC(OCc3noc(-c4ccncc4)n3)C2)nn1C. The van der Waals surface area contributed by atoms with E-state index in [1.807, 2.05) is 32.2 Å². The highest BCUT2D eigenvalue weighted by Gasteiger charge is 2.27. The summed E-state index contributed by atoms with van der Waals surface area (Å²) in [6.45, 7) is 3.41. The Morgan fingerprint density at radius 1 is 1.36 bits per heavy atom. The number of aryl methyl sites for hydroxylation is 2. The molecule has 1 unspecified atom stereocenters. The van der Waals surface area contributed by atoms with Gasteiger partial charge < -0.3 is 14.2 Å². The van der Waals surface area contributed by atoms with Gasteiger partial charge in [0.25, 0.3) is 11.8 Å². The van der Waals surface area contributed by atoms with Crippen LogP contribution in [0.5, 0.6) is 0 Å². The molecule has 28 heavy (non-hydrogen) atoms. The molecule has 146 valence electrons. The van der Waals surface area contributed by atoms with Gasteiger partial charge in [-0.1, -0.05) is 5.16 Å². The van der Waals surface area contributed by atoms with Crippen molar-refractivity contribution in [2.24, 2.45) is 7.05 Å². The molecule has 0 bridgehead atoms. The Morgan fingerprint density at radius 3 is 2.93 bits per heavy atom. The van der Waals surface area contributed by atoms with Crippen LogP contribution in [-0.2, 0) is 18.4 Å². The molecule has 1 saturated heterocycles. The van der Waals surface area contributed by atoms with E-state index >= 15 is 0 Å². The van der Waals surface area contributed by atoms with Crippen LogP contribution >= 0.6 is 0 Å². The summed E-state index contributed by atoms with van der Waals surface area (Å²) in [5.74, 6) is 0.860. The number of nitrogens with zero attached hydrogens (tertiary/aromatic N) is 6. The highest BCUT2D eigenvalue weighted by atomic mass is 16.5. The largest absolute Gasteiger partial charge is 0.368 e. The number of piperidine rings is 1. The predicted molar refractivity (Wildman–Crippen MR) is 99.2 cm³/mol. The molecule has 0 aliphatic carbocycles. The van der Waals surface area contributed by atoms with Crippen LogP contribution in [0, 0.1) is 6.92 Å². The second kappa shape index (κ2) is 7.89. The number of pyridine rings is 1. The van der Waals surface area contributed by atoms with Gasteiger partial charge in [0.05, 0.1) is 6.10 Å². The van der Waals surface area contributed by atoms with Crippen LogP contribution < -0.4 is 0 Å². The molecule has 3 aromatic heterocycles. The quantitative estimate of drug-likeness (QED) is 0.665. The van der Waals surface area contributed by atoms with E-state index in [0.29, 0.717) is 30.5 Å². The number of likely N-dealkylation sites (tertiary alicyclic amines) is 1. The summed E-state index contributed by atoms with van der Waals surface area (Å²) in [5.41, 5.74) is 2.24. The van der Waals surface area contributed by atoms with Gasteiger partial charge in [0.2, 0.25) is 0 Å². The monoisotopic (exact) mass is 382 g/mol. The lowest BCUT2D eigenvalue weighted by molar-refractivity contribution is -0.00977. The van der Waals surface area contributed by atoms with Crippen molar-refractivity contribution in [2.75, 3.05) is 13.1 Å². The van der Waals surface area contributed by atoms with Crippen LogP contribution in [0.2, 0.25) is 0 Å². The number of carbonyl (C=O) groups excluding carboxylic acids is 1. The lowest BCUT2D eigenvalue weighted by Crippen LogP contribution is -2.43. The van der Waals surface area contributed by atoms with E-state index in [1.165, 1.54) is 0 Å². The van der Waals surface area contributed by atoms with Gasteiger partial charge in [0.1, 0.15) is 6.61 Å². The summed E-state index contributed by atoms with van der Waals surface area (Å²) in [6, 6.07) is 5.43. The third kappa shape index (κ3) is 3.94. The van der Waals surface area contributed by atoms with Crippen LogP contribution in [0.1, 0.15) is 34.8 Å². The maximum absolute atomic E-state index is 12.7. The third-order valence-electron chi connectivity index (χ3n) is 4.84. The minimum Gasteiger partial charge on any atom is -0.368 e. The molecule has 1 amide bonds. The van der Waals surface area contributed by atoms with Gasteiger partial charge in [-0.05, 0) is 38.0 Å². The van der Waals surface area contributed by atoms with Crippen LogP contribution in [-0.4, -0.2) is 54.9 Å². The fourth-order valence-corrected chi connectivity index (χ4v) is 3.20. The van der Waals surface area contributed by atoms with Crippen molar-refractivity contribution in [3.05, 3.63) is 47.8 Å². The van der Waals surface area contributed by atoms with Crippen molar-refractivity contribution < 1.29 is 14.1 Å². The Morgan fingerprint density at radius 2 is 2.18 bits per heavy atom. The van der Waals surface area contributed by atoms with E-state index in [2.05, 4.69) is 20.2 Å². The van der Waals surface area contributed by atoms with Gasteiger partial charge in [0, 0.05) is 43.8 Å². The van der Waals surface area contributed by atoms with E-state index in [1.54, 1.807) is 22.0 Å². The normalized spacial score (nSPS) is 17.1. The van der Waals surface area contributed by atoms with Crippen molar-refractivity contribution >= 4 is 5.91 Å². The van der Waals surface area contributed by atoms with Gasteiger partial charge in [0.15, 0.2) is 11.5 Å². The lowest BCUT2D eigenvalue weighted by Gasteiger charge is -2.32. The molecule has 0 spiro atoms. The first-order valence-corrected chi connectivity index (χ1v) is 9.24. The van der Waals surface area contributed by atoms with Crippen LogP contribution in [0.3, 0.4) is 0 Å². The lowest BCUT2D eigenvalue weighted by atomic mass is 10.1. The molecule has 0 N–H and O–H groups in total. The third-order valence-corrected chi connectivity index (χ3v) is 4.84.